The molecule has 0 fully saturated rings. The van der Waals surface area contributed by atoms with Gasteiger partial charge in [-0.25, -0.2) is 15.0 Å². The fraction of sp³-hybridized carbons (Fsp3) is 0.0625. The predicted molar refractivity (Wildman–Crippen MR) is 78.9 cm³/mol. The molecule has 0 amide bonds. The van der Waals surface area contributed by atoms with E-state index < -0.39 is 0 Å². The molecule has 0 spiro atoms. The topological polar surface area (TPSA) is 68.1 Å². The maximum atomic E-state index is 9.88. The van der Waals surface area contributed by atoms with E-state index in [0.717, 1.165) is 11.3 Å². The molecule has 0 unspecified atom stereocenters. The summed E-state index contributed by atoms with van der Waals surface area (Å²) in [7, 11) is 1.62. The second kappa shape index (κ2) is 5.58. The smallest absolute Gasteiger partial charge is 0.167 e. The van der Waals surface area contributed by atoms with Gasteiger partial charge in [0.15, 0.2) is 11.6 Å². The van der Waals surface area contributed by atoms with Crippen LogP contribution in [0.5, 0.6) is 11.5 Å². The van der Waals surface area contributed by atoms with Crippen molar-refractivity contribution in [2.75, 3.05) is 7.11 Å². The molecule has 0 aliphatic heterocycles. The fourth-order valence-electron chi connectivity index (χ4n) is 1.97. The Bertz CT molecular complexity index is 757. The molecule has 3 rings (SSSR count). The maximum Gasteiger partial charge on any atom is 0.167 e. The standard InChI is InChI=1S/C16H13N3O2/c1-21-12-8-6-11(7-9-12)15-17-10-18-16(19-15)13-4-2-3-5-14(13)20/h2-10,20H,1H3. The Morgan fingerprint density at radius 3 is 2.33 bits per heavy atom. The number of aromatic hydroxyl groups is 1. The van der Waals surface area contributed by atoms with E-state index >= 15 is 0 Å². The molecular formula is C16H13N3O2. The third-order valence-electron chi connectivity index (χ3n) is 3.07. The lowest BCUT2D eigenvalue weighted by Crippen LogP contribution is -1.95. The monoisotopic (exact) mass is 279 g/mol. The number of aromatic nitrogens is 3. The van der Waals surface area contributed by atoms with Gasteiger partial charge in [-0.2, -0.15) is 0 Å². The van der Waals surface area contributed by atoms with Gasteiger partial charge < -0.3 is 9.84 Å². The van der Waals surface area contributed by atoms with Gasteiger partial charge in [0.25, 0.3) is 0 Å². The molecule has 0 aliphatic carbocycles. The number of nitrogens with zero attached hydrogens (tertiary/aromatic N) is 3. The Morgan fingerprint density at radius 1 is 0.905 bits per heavy atom. The van der Waals surface area contributed by atoms with Gasteiger partial charge in [-0.3, -0.25) is 0 Å². The van der Waals surface area contributed by atoms with Crippen LogP contribution in [0.15, 0.2) is 54.9 Å². The Kier molecular flexibility index (Phi) is 3.47. The lowest BCUT2D eigenvalue weighted by atomic mass is 10.1. The van der Waals surface area contributed by atoms with E-state index in [1.807, 2.05) is 30.3 Å². The van der Waals surface area contributed by atoms with E-state index in [1.165, 1.54) is 6.33 Å². The highest BCUT2D eigenvalue weighted by atomic mass is 16.5. The van der Waals surface area contributed by atoms with Crippen LogP contribution >= 0.6 is 0 Å². The van der Waals surface area contributed by atoms with Crippen molar-refractivity contribution >= 4 is 0 Å². The van der Waals surface area contributed by atoms with Crippen molar-refractivity contribution in [2.24, 2.45) is 0 Å². The van der Waals surface area contributed by atoms with Crippen LogP contribution in [-0.2, 0) is 0 Å². The van der Waals surface area contributed by atoms with Crippen LogP contribution in [0.4, 0.5) is 0 Å². The minimum absolute atomic E-state index is 0.143. The van der Waals surface area contributed by atoms with Crippen LogP contribution < -0.4 is 4.74 Å². The van der Waals surface area contributed by atoms with Crippen molar-refractivity contribution in [3.8, 4) is 34.3 Å². The second-order valence-electron chi connectivity index (χ2n) is 4.38. The third kappa shape index (κ3) is 2.67. The van der Waals surface area contributed by atoms with Gasteiger partial charge in [0.1, 0.15) is 17.8 Å². The molecule has 1 aromatic heterocycles. The summed E-state index contributed by atoms with van der Waals surface area (Å²) < 4.78 is 5.13. The summed E-state index contributed by atoms with van der Waals surface area (Å²) in [6.45, 7) is 0. The van der Waals surface area contributed by atoms with Gasteiger partial charge in [-0.1, -0.05) is 12.1 Å². The summed E-state index contributed by atoms with van der Waals surface area (Å²) in [5.74, 6) is 1.90. The highest BCUT2D eigenvalue weighted by Gasteiger charge is 2.09. The molecule has 0 aliphatic rings. The van der Waals surface area contributed by atoms with E-state index in [0.29, 0.717) is 17.2 Å². The zero-order valence-electron chi connectivity index (χ0n) is 11.4. The number of ether oxygens (including phenoxy) is 1. The van der Waals surface area contributed by atoms with Crippen LogP contribution in [0.1, 0.15) is 0 Å². The van der Waals surface area contributed by atoms with Gasteiger partial charge in [0.05, 0.1) is 12.7 Å². The molecule has 5 nitrogen and oxygen atoms in total. The minimum Gasteiger partial charge on any atom is -0.507 e. The molecule has 0 bridgehead atoms. The van der Waals surface area contributed by atoms with Crippen molar-refractivity contribution in [3.63, 3.8) is 0 Å². The van der Waals surface area contributed by atoms with E-state index in [9.17, 15) is 5.11 Å². The molecule has 0 radical (unpaired) electrons. The Morgan fingerprint density at radius 2 is 1.62 bits per heavy atom. The van der Waals surface area contributed by atoms with Crippen LogP contribution in [0.2, 0.25) is 0 Å². The molecular weight excluding hydrogens is 266 g/mol. The molecule has 3 aromatic rings. The quantitative estimate of drug-likeness (QED) is 0.798. The molecule has 21 heavy (non-hydrogen) atoms. The zero-order chi connectivity index (χ0) is 14.7. The molecule has 2 aromatic carbocycles. The van der Waals surface area contributed by atoms with E-state index in [1.54, 1.807) is 25.3 Å². The molecule has 0 saturated heterocycles. The number of phenolic OH excluding ortho intramolecular Hbond substituents is 1. The van der Waals surface area contributed by atoms with E-state index in [2.05, 4.69) is 15.0 Å². The molecule has 104 valence electrons. The largest absolute Gasteiger partial charge is 0.507 e. The number of benzene rings is 2. The van der Waals surface area contributed by atoms with Crippen molar-refractivity contribution in [1.29, 1.82) is 0 Å². The summed E-state index contributed by atoms with van der Waals surface area (Å²) >= 11 is 0. The Labute approximate surface area is 121 Å². The molecule has 1 heterocycles. The first kappa shape index (κ1) is 13.1. The third-order valence-corrected chi connectivity index (χ3v) is 3.07. The van der Waals surface area contributed by atoms with Gasteiger partial charge in [0, 0.05) is 5.56 Å². The molecule has 5 heteroatoms. The number of phenols is 1. The zero-order valence-corrected chi connectivity index (χ0v) is 11.4. The van der Waals surface area contributed by atoms with Crippen LogP contribution in [-0.4, -0.2) is 27.2 Å². The SMILES string of the molecule is COc1ccc(-c2ncnc(-c3ccccc3O)n2)cc1. The first-order valence-corrected chi connectivity index (χ1v) is 6.40. The number of hydrogen-bond donors (Lipinski definition) is 1. The van der Waals surface area contributed by atoms with Gasteiger partial charge in [0.2, 0.25) is 0 Å². The van der Waals surface area contributed by atoms with Gasteiger partial charge in [-0.15, -0.1) is 0 Å². The van der Waals surface area contributed by atoms with Crippen LogP contribution in [0.3, 0.4) is 0 Å². The average Bonchev–Trinajstić information content (AvgIpc) is 2.55. The van der Waals surface area contributed by atoms with Gasteiger partial charge >= 0.3 is 0 Å². The highest BCUT2D eigenvalue weighted by Crippen LogP contribution is 2.26. The first-order chi connectivity index (χ1) is 10.3. The predicted octanol–water partition coefficient (Wildman–Crippen LogP) is 2.92. The summed E-state index contributed by atoms with van der Waals surface area (Å²) in [4.78, 5) is 12.7. The average molecular weight is 279 g/mol. The van der Waals surface area contributed by atoms with Crippen molar-refractivity contribution < 1.29 is 9.84 Å². The fourth-order valence-corrected chi connectivity index (χ4v) is 1.97. The number of hydrogen-bond acceptors (Lipinski definition) is 5. The normalized spacial score (nSPS) is 10.3. The summed E-state index contributed by atoms with van der Waals surface area (Å²) in [6.07, 6.45) is 1.44. The number of methoxy groups -OCH3 is 1. The summed E-state index contributed by atoms with van der Waals surface area (Å²) in [6, 6.07) is 14.4. The Hall–Kier alpha value is -2.95. The highest BCUT2D eigenvalue weighted by molar-refractivity contribution is 5.65. The second-order valence-corrected chi connectivity index (χ2v) is 4.38. The Balaban J connectivity index is 2.02. The lowest BCUT2D eigenvalue weighted by molar-refractivity contribution is 0.415. The molecule has 1 N–H and O–H groups in total. The first-order valence-electron chi connectivity index (χ1n) is 6.40. The summed E-state index contributed by atoms with van der Waals surface area (Å²) in [5.41, 5.74) is 1.43. The van der Waals surface area contributed by atoms with Crippen molar-refractivity contribution in [1.82, 2.24) is 15.0 Å². The maximum absolute atomic E-state index is 9.88. The van der Waals surface area contributed by atoms with E-state index in [4.69, 9.17) is 4.74 Å². The van der Waals surface area contributed by atoms with Gasteiger partial charge in [-0.05, 0) is 36.4 Å². The van der Waals surface area contributed by atoms with Crippen LogP contribution in [0, 0.1) is 0 Å². The minimum atomic E-state index is 0.143. The number of rotatable bonds is 3. The van der Waals surface area contributed by atoms with Crippen molar-refractivity contribution in [3.05, 3.63) is 54.9 Å². The van der Waals surface area contributed by atoms with Crippen molar-refractivity contribution in [2.45, 2.75) is 0 Å². The molecule has 0 saturated carbocycles. The molecule has 0 atom stereocenters. The number of para-hydroxylation sites is 1. The van der Waals surface area contributed by atoms with Crippen LogP contribution in [0.25, 0.3) is 22.8 Å². The lowest BCUT2D eigenvalue weighted by Gasteiger charge is -2.05. The summed E-state index contributed by atoms with van der Waals surface area (Å²) in [5, 5.41) is 9.88. The van der Waals surface area contributed by atoms with E-state index in [-0.39, 0.29) is 5.75 Å².